The molecule has 2 nitrogen and oxygen atoms in total. The second kappa shape index (κ2) is 4.52. The van der Waals surface area contributed by atoms with Crippen LogP contribution in [-0.2, 0) is 4.79 Å². The number of hydrogen-bond donors (Lipinski definition) is 0. The van der Waals surface area contributed by atoms with E-state index in [1.54, 1.807) is 0 Å². The molecule has 1 aliphatic heterocycles. The largest absolute Gasteiger partial charge is 0.342 e. The third-order valence-electron chi connectivity index (χ3n) is 3.60. The molecule has 0 radical (unpaired) electrons. The average molecular weight is 216 g/mol. The van der Waals surface area contributed by atoms with Crippen LogP contribution in [0.15, 0.2) is 0 Å². The minimum absolute atomic E-state index is 0.319. The van der Waals surface area contributed by atoms with E-state index in [0.29, 0.717) is 18.2 Å². The number of fused-ring (bicyclic) bond motifs is 1. The first-order valence-electron chi connectivity index (χ1n) is 5.65. The average Bonchev–Trinajstić information content (AvgIpc) is 2.72. The molecular formula is C11H18ClNO. The summed E-state index contributed by atoms with van der Waals surface area (Å²) in [5.41, 5.74) is 0. The number of likely N-dealkylation sites (tertiary alicyclic amines) is 1. The fraction of sp³-hybridized carbons (Fsp3) is 0.909. The highest BCUT2D eigenvalue weighted by Gasteiger charge is 2.37. The molecule has 14 heavy (non-hydrogen) atoms. The lowest BCUT2D eigenvalue weighted by atomic mass is 10.0. The van der Waals surface area contributed by atoms with Gasteiger partial charge in [0.1, 0.15) is 0 Å². The first kappa shape index (κ1) is 10.3. The van der Waals surface area contributed by atoms with Gasteiger partial charge in [-0.25, -0.2) is 0 Å². The Morgan fingerprint density at radius 2 is 1.93 bits per heavy atom. The van der Waals surface area contributed by atoms with E-state index in [2.05, 4.69) is 4.90 Å². The van der Waals surface area contributed by atoms with Crippen LogP contribution in [0.1, 0.15) is 32.1 Å². The molecule has 1 amide bonds. The highest BCUT2D eigenvalue weighted by molar-refractivity contribution is 6.17. The molecule has 80 valence electrons. The minimum Gasteiger partial charge on any atom is -0.342 e. The Bertz CT molecular complexity index is 207. The Morgan fingerprint density at radius 3 is 2.50 bits per heavy atom. The maximum absolute atomic E-state index is 11.7. The van der Waals surface area contributed by atoms with Crippen molar-refractivity contribution in [3.05, 3.63) is 0 Å². The minimum atomic E-state index is 0.319. The van der Waals surface area contributed by atoms with Crippen LogP contribution in [0.4, 0.5) is 0 Å². The van der Waals surface area contributed by atoms with E-state index >= 15 is 0 Å². The lowest BCUT2D eigenvalue weighted by Gasteiger charge is -2.16. The van der Waals surface area contributed by atoms with Gasteiger partial charge in [0.15, 0.2) is 0 Å². The van der Waals surface area contributed by atoms with Gasteiger partial charge in [0.25, 0.3) is 0 Å². The summed E-state index contributed by atoms with van der Waals surface area (Å²) in [6.07, 6.45) is 5.52. The van der Waals surface area contributed by atoms with Gasteiger partial charge in [0.05, 0.1) is 0 Å². The van der Waals surface area contributed by atoms with Crippen molar-refractivity contribution in [3.63, 3.8) is 0 Å². The lowest BCUT2D eigenvalue weighted by molar-refractivity contribution is -0.130. The van der Waals surface area contributed by atoms with Crippen molar-refractivity contribution in [2.75, 3.05) is 19.0 Å². The normalized spacial score (nSPS) is 30.8. The third-order valence-corrected chi connectivity index (χ3v) is 3.87. The standard InChI is InChI=1S/C11H18ClNO/c12-6-2-5-11(14)13-7-9-3-1-4-10(9)8-13/h9-10H,1-8H2. The molecule has 0 bridgehead atoms. The maximum Gasteiger partial charge on any atom is 0.222 e. The molecule has 0 N–H and O–H groups in total. The number of carbonyl (C=O) groups is 1. The molecule has 0 aromatic heterocycles. The van der Waals surface area contributed by atoms with Gasteiger partial charge >= 0.3 is 0 Å². The summed E-state index contributed by atoms with van der Waals surface area (Å²) < 4.78 is 0. The van der Waals surface area contributed by atoms with E-state index in [-0.39, 0.29) is 0 Å². The molecule has 3 heteroatoms. The molecule has 2 fully saturated rings. The molecule has 1 heterocycles. The molecule has 0 aromatic rings. The van der Waals surface area contributed by atoms with Crippen LogP contribution in [-0.4, -0.2) is 29.8 Å². The van der Waals surface area contributed by atoms with Gasteiger partial charge in [-0.15, -0.1) is 11.6 Å². The van der Waals surface area contributed by atoms with Crippen LogP contribution in [0.3, 0.4) is 0 Å². The van der Waals surface area contributed by atoms with E-state index in [9.17, 15) is 4.79 Å². The van der Waals surface area contributed by atoms with Crippen LogP contribution in [0.2, 0.25) is 0 Å². The molecular weight excluding hydrogens is 198 g/mol. The van der Waals surface area contributed by atoms with Gasteiger partial charge in [0, 0.05) is 25.4 Å². The fourth-order valence-corrected chi connectivity index (χ4v) is 2.95. The third kappa shape index (κ3) is 2.05. The van der Waals surface area contributed by atoms with Gasteiger partial charge in [-0.3, -0.25) is 4.79 Å². The smallest absolute Gasteiger partial charge is 0.222 e. The Labute approximate surface area is 90.6 Å². The summed E-state index contributed by atoms with van der Waals surface area (Å²) in [5.74, 6) is 2.55. The van der Waals surface area contributed by atoms with Crippen LogP contribution in [0.25, 0.3) is 0 Å². The van der Waals surface area contributed by atoms with Crippen molar-refractivity contribution in [2.45, 2.75) is 32.1 Å². The summed E-state index contributed by atoms with van der Waals surface area (Å²) in [5, 5.41) is 0. The number of rotatable bonds is 3. The van der Waals surface area contributed by atoms with Gasteiger partial charge in [-0.05, 0) is 31.1 Å². The number of nitrogens with zero attached hydrogens (tertiary/aromatic N) is 1. The molecule has 1 saturated heterocycles. The summed E-state index contributed by atoms with van der Waals surface area (Å²) >= 11 is 5.58. The summed E-state index contributed by atoms with van der Waals surface area (Å²) in [6.45, 7) is 2.04. The van der Waals surface area contributed by atoms with Crippen molar-refractivity contribution in [3.8, 4) is 0 Å². The van der Waals surface area contributed by atoms with E-state index in [0.717, 1.165) is 31.3 Å². The first-order chi connectivity index (χ1) is 6.81. The summed E-state index contributed by atoms with van der Waals surface area (Å²) in [6, 6.07) is 0. The van der Waals surface area contributed by atoms with Crippen LogP contribution >= 0.6 is 11.6 Å². The molecule has 2 atom stereocenters. The van der Waals surface area contributed by atoms with Gasteiger partial charge < -0.3 is 4.90 Å². The zero-order chi connectivity index (χ0) is 9.97. The van der Waals surface area contributed by atoms with Gasteiger partial charge in [0.2, 0.25) is 5.91 Å². The second-order valence-electron chi connectivity index (χ2n) is 4.54. The Balaban J connectivity index is 1.80. The summed E-state index contributed by atoms with van der Waals surface area (Å²) in [4.78, 5) is 13.8. The Kier molecular flexibility index (Phi) is 3.32. The molecule has 2 aliphatic rings. The molecule has 1 saturated carbocycles. The predicted molar refractivity (Wildman–Crippen MR) is 57.4 cm³/mol. The Morgan fingerprint density at radius 1 is 1.29 bits per heavy atom. The number of halogens is 1. The number of amides is 1. The first-order valence-corrected chi connectivity index (χ1v) is 6.18. The predicted octanol–water partition coefficient (Wildman–Crippen LogP) is 2.26. The highest BCUT2D eigenvalue weighted by atomic mass is 35.5. The molecule has 0 aromatic carbocycles. The lowest BCUT2D eigenvalue weighted by Crippen LogP contribution is -2.29. The molecule has 0 spiro atoms. The highest BCUT2D eigenvalue weighted by Crippen LogP contribution is 2.37. The maximum atomic E-state index is 11.7. The van der Waals surface area contributed by atoms with Crippen molar-refractivity contribution < 1.29 is 4.79 Å². The van der Waals surface area contributed by atoms with E-state index in [4.69, 9.17) is 11.6 Å². The van der Waals surface area contributed by atoms with Crippen molar-refractivity contribution in [2.24, 2.45) is 11.8 Å². The Hall–Kier alpha value is -0.240. The van der Waals surface area contributed by atoms with Crippen LogP contribution in [0, 0.1) is 11.8 Å². The van der Waals surface area contributed by atoms with E-state index in [1.807, 2.05) is 0 Å². The molecule has 1 aliphatic carbocycles. The summed E-state index contributed by atoms with van der Waals surface area (Å²) in [7, 11) is 0. The quantitative estimate of drug-likeness (QED) is 0.662. The van der Waals surface area contributed by atoms with Crippen LogP contribution < -0.4 is 0 Å². The monoisotopic (exact) mass is 215 g/mol. The zero-order valence-electron chi connectivity index (χ0n) is 8.54. The van der Waals surface area contributed by atoms with Crippen molar-refractivity contribution in [1.29, 1.82) is 0 Å². The van der Waals surface area contributed by atoms with Gasteiger partial charge in [-0.1, -0.05) is 6.42 Å². The number of hydrogen-bond acceptors (Lipinski definition) is 1. The van der Waals surface area contributed by atoms with E-state index in [1.165, 1.54) is 19.3 Å². The van der Waals surface area contributed by atoms with Crippen molar-refractivity contribution in [1.82, 2.24) is 4.90 Å². The molecule has 2 rings (SSSR count). The fourth-order valence-electron chi connectivity index (χ4n) is 2.81. The van der Waals surface area contributed by atoms with E-state index < -0.39 is 0 Å². The zero-order valence-corrected chi connectivity index (χ0v) is 9.30. The second-order valence-corrected chi connectivity index (χ2v) is 4.92. The number of alkyl halides is 1. The molecule has 2 unspecified atom stereocenters. The SMILES string of the molecule is O=C(CCCCl)N1CC2CCCC2C1. The van der Waals surface area contributed by atoms with Crippen LogP contribution in [0.5, 0.6) is 0 Å². The topological polar surface area (TPSA) is 20.3 Å². The van der Waals surface area contributed by atoms with Gasteiger partial charge in [-0.2, -0.15) is 0 Å². The van der Waals surface area contributed by atoms with Crippen molar-refractivity contribution >= 4 is 17.5 Å². The number of carbonyl (C=O) groups excluding carboxylic acids is 1.